The van der Waals surface area contributed by atoms with Crippen molar-refractivity contribution in [3.63, 3.8) is 0 Å². The minimum atomic E-state index is -0.766. The lowest BCUT2D eigenvalue weighted by molar-refractivity contribution is 0.855. The molecule has 16 heteroatoms. The first-order valence-corrected chi connectivity index (χ1v) is 40.8. The minimum absolute atomic E-state index is 0.00571. The number of imidazole rings is 2. The summed E-state index contributed by atoms with van der Waals surface area (Å²) in [6.45, 7) is 10.3. The van der Waals surface area contributed by atoms with Crippen molar-refractivity contribution in [3.05, 3.63) is 414 Å². The lowest BCUT2D eigenvalue weighted by Crippen LogP contribution is -2.10. The average molecular weight is 1810 g/mol. The summed E-state index contributed by atoms with van der Waals surface area (Å²) in [5.41, 5.74) is -1.18. The Bertz CT molecular complexity index is 12900. The van der Waals surface area contributed by atoms with Crippen molar-refractivity contribution < 1.29 is 85.0 Å². The summed E-state index contributed by atoms with van der Waals surface area (Å²) in [6, 6.07) is -29.7. The van der Waals surface area contributed by atoms with Crippen LogP contribution >= 0.6 is 0 Å². The molecule has 0 aliphatic rings. The van der Waals surface area contributed by atoms with Crippen molar-refractivity contribution >= 4 is 180 Å². The molecular weight excluding hydrogens is 1650 g/mol. The summed E-state index contributed by atoms with van der Waals surface area (Å²) in [5.74, 6) is -2.33. The Hall–Kier alpha value is -17.4. The topological polar surface area (TPSA) is 134 Å². The van der Waals surface area contributed by atoms with Gasteiger partial charge >= 0.3 is 0 Å². The van der Waals surface area contributed by atoms with Crippen molar-refractivity contribution in [3.8, 4) is 40.9 Å². The number of hydrogen-bond donors (Lipinski definition) is 0. The lowest BCUT2D eigenvalue weighted by Gasteiger charge is -2.12. The molecule has 0 saturated carbocycles. The van der Waals surface area contributed by atoms with E-state index < -0.39 is 294 Å². The van der Waals surface area contributed by atoms with E-state index in [1.807, 2.05) is 0 Å². The maximum Gasteiger partial charge on any atom is 0.240 e. The van der Waals surface area contributed by atoms with Crippen molar-refractivity contribution in [1.29, 1.82) is 0 Å². The van der Waals surface area contributed by atoms with Crippen LogP contribution in [0.4, 0.5) is 0 Å². The highest BCUT2D eigenvalue weighted by Crippen LogP contribution is 2.42. The summed E-state index contributed by atoms with van der Waals surface area (Å²) in [5, 5.41) is -1.45. The van der Waals surface area contributed by atoms with E-state index in [2.05, 4.69) is 34.9 Å². The van der Waals surface area contributed by atoms with Gasteiger partial charge in [-0.05, 0) is 193 Å². The predicted octanol–water partition coefficient (Wildman–Crippen LogP) is 28.7. The van der Waals surface area contributed by atoms with Gasteiger partial charge in [-0.2, -0.15) is 29.9 Å². The molecule has 0 bridgehead atoms. The second kappa shape index (κ2) is 32.3. The van der Waals surface area contributed by atoms with Crippen LogP contribution in [0.5, 0.6) is 0 Å². The van der Waals surface area contributed by atoms with E-state index in [-0.39, 0.29) is 308 Å². The number of para-hydroxylation sites is 12. The van der Waals surface area contributed by atoms with E-state index in [4.69, 9.17) is 85.0 Å². The lowest BCUT2D eigenvalue weighted by atomic mass is 10.1. The van der Waals surface area contributed by atoms with Gasteiger partial charge < -0.3 is 18.3 Å². The molecule has 648 valence electrons. The van der Waals surface area contributed by atoms with E-state index in [1.54, 1.807) is 32.5 Å². The number of rotatable bonds is 6. The second-order valence-corrected chi connectivity index (χ2v) is 30.6. The summed E-state index contributed by atoms with van der Waals surface area (Å²) in [6.07, 6.45) is 0. The first kappa shape index (κ1) is 39.0. The van der Waals surface area contributed by atoms with Gasteiger partial charge in [0.15, 0.2) is 5.82 Å². The number of aryl methyl sites for hydroxylation is 4. The maximum absolute atomic E-state index is 9.10. The smallest absolute Gasteiger partial charge is 0.240 e. The van der Waals surface area contributed by atoms with Crippen LogP contribution in [0, 0.1) is 48.5 Å². The van der Waals surface area contributed by atoms with Gasteiger partial charge in [0, 0.05) is 119 Å². The molecule has 0 saturated heterocycles. The number of hydrogen-bond acceptors (Lipinski definition) is 7. The number of fused-ring (bicyclic) bond motifs is 26. The van der Waals surface area contributed by atoms with Gasteiger partial charge in [0.25, 0.3) is 0 Å². The fourth-order valence-corrected chi connectivity index (χ4v) is 16.5. The Balaban J connectivity index is 0.000000128. The molecule has 28 aromatic rings. The van der Waals surface area contributed by atoms with Gasteiger partial charge in [0.1, 0.15) is 5.82 Å². The molecule has 0 spiro atoms. The van der Waals surface area contributed by atoms with Gasteiger partial charge in [-0.1, -0.05) is 263 Å². The van der Waals surface area contributed by atoms with Crippen molar-refractivity contribution in [2.45, 2.75) is 48.5 Å². The molecule has 0 atom stereocenters. The molecule has 0 radical (unpaired) electrons. The van der Waals surface area contributed by atoms with E-state index >= 15 is 0 Å². The minimum Gasteiger partial charge on any atom is -0.344 e. The first-order chi connectivity index (χ1) is 92.0. The highest BCUT2D eigenvalue weighted by atomic mass is 15.3. The largest absolute Gasteiger partial charge is 0.344 e. The van der Waals surface area contributed by atoms with Gasteiger partial charge in [0.2, 0.25) is 29.6 Å². The van der Waals surface area contributed by atoms with E-state index in [0.717, 1.165) is 22.8 Å². The Morgan fingerprint density at radius 3 is 0.941 bits per heavy atom. The molecule has 0 N–H and O–H groups in total. The second-order valence-electron chi connectivity index (χ2n) is 30.6. The molecular formula is C119H92N16. The Morgan fingerprint density at radius 1 is 0.200 bits per heavy atom. The SMILES string of the molecule is [2H]c1c([2H])c(C)c([2H])c(-c2nc(-n3c4c([2H])c([2H])c([2H])c([2H])c4c4c([2H])c([2H])c([2H])c([2H])c43)nc(-n3c4c([2H])c([2H])c([2H])c([2H])c4c4c([2H])c(C)c([2H])c([2H])c43)n2)c1[2H].[2H]c1c([2H])c([2H])c2c(c1[2H])c1c([2H])c(C)c([2H])c([2H])c1n2C.[2H]c1c([2H])c([2H])c2c(c1[2H])c1c([2H])c([2H])c([2H])c(-n3c4c([2H])c([2H])c([2H])c([2H])c4c4c([2H])c(C)c([2H])c([2H])c43)c1n2C.[2H]c1c([2H])c([2H])c2c(c1[2H])c1c([2H])c([2H])c([2H])c([2H])c1n2-c1nc(C)nc(-n2c3c([2H])c([2H])c([2H])c([2H])c3c3c([2H])c(C)c([2H])c([2H])c32)n1.[2H]c1c([2H])c([2H])c2c(nc3n(C)c4c([2H])c(C)c([2H])c([2H])c4n23)c1[2H]. The van der Waals surface area contributed by atoms with Gasteiger partial charge in [-0.15, -0.1) is 0 Å². The normalized spacial score (nSPS) is 18.2. The van der Waals surface area contributed by atoms with Gasteiger partial charge in [-0.25, -0.2) is 4.98 Å². The summed E-state index contributed by atoms with van der Waals surface area (Å²) >= 11 is 0. The fourth-order valence-electron chi connectivity index (χ4n) is 16.5. The summed E-state index contributed by atoms with van der Waals surface area (Å²) in [7, 11) is 4.72. The van der Waals surface area contributed by atoms with Crippen LogP contribution in [0.3, 0.4) is 0 Å². The number of benzene rings is 17. The average Bonchev–Trinajstić information content (AvgIpc) is 1.51. The Labute approximate surface area is 864 Å². The van der Waals surface area contributed by atoms with Gasteiger partial charge in [-0.3, -0.25) is 22.7 Å². The summed E-state index contributed by atoms with van der Waals surface area (Å²) in [4.78, 5) is 31.3. The molecule has 17 aromatic carbocycles. The third-order valence-electron chi connectivity index (χ3n) is 22.2. The molecule has 0 aliphatic heterocycles. The van der Waals surface area contributed by atoms with E-state index in [9.17, 15) is 0 Å². The standard InChI is InChI=1S/C35H25N5.C29H21N5.C26H20N2.C15H13N3.C14H13N/c1-22-10-9-11-24(20-22)33-36-34(39-29-15-6-3-12-25(29)26-13-4-7-16-30(26)39)38-35(37-33)40-31-17-8-5-14-27(31)28-21-23(2)18-19-32(28)40;1-18-15-16-27-23(17-18)22-11-5-8-14-26(22)34(27)29-31-19(2)30-28(32-29)33-24-12-6-3-9-20(24)21-10-4-7-13-25(21)33;1-17-14-15-24-21(16-17)19-9-4-6-12-23(19)28(24)25-13-7-10-20-18-8-3-5-11-22(18)27(2)26(20)25;1-10-7-8-13-14(9-10)17(2)15-16-11-5-3-4-6-12(11)18(13)15;1-10-7-8-14-12(9-10)11-5-3-4-6-13(11)15(14)2/h3-21H,1-2H3;3-17H,1-2H3;3-16H,1-2H3;3-9H,1-2H3;3-9H,1-2H3/i3D,4D,5D,6D,7D,8D,9D,10D,11D,12D,13D,14D,15D,16D,17D,18D,19D,20D,21D;3D,4D,5D,6D,7D,8D,9D,10D,11D,12D,13D,14D,15D,16D,17D;3D,4D,5D,6D,7D,8D,9D,10D,11D,12D,13D,14D,15D,16D;2*3D,4D,5D,6D,7D,8D,9D. The Morgan fingerprint density at radius 2 is 0.496 bits per heavy atom. The molecule has 16 nitrogen and oxygen atoms in total. The van der Waals surface area contributed by atoms with Crippen molar-refractivity contribution in [1.82, 2.24) is 75.8 Å². The third kappa shape index (κ3) is 13.4. The zero-order valence-electron chi connectivity index (χ0n) is 134. The zero-order valence-corrected chi connectivity index (χ0v) is 71.7. The van der Waals surface area contributed by atoms with Crippen LogP contribution in [-0.4, -0.2) is 75.8 Å². The van der Waals surface area contributed by atoms with Crippen molar-refractivity contribution in [2.75, 3.05) is 0 Å². The zero-order chi connectivity index (χ0) is 145. The van der Waals surface area contributed by atoms with Crippen molar-refractivity contribution in [2.24, 2.45) is 21.1 Å². The molecule has 11 heterocycles. The Kier molecular flexibility index (Phi) is 9.33. The number of nitrogens with zero attached hydrogens (tertiary/aromatic N) is 16. The third-order valence-corrected chi connectivity index (χ3v) is 22.2. The van der Waals surface area contributed by atoms with Crippen LogP contribution in [0.1, 0.15) is 124 Å². The van der Waals surface area contributed by atoms with Crippen LogP contribution in [0.2, 0.25) is 0 Å². The fraction of sp³-hybridized carbons (Fsp3) is 0.0840. The predicted molar refractivity (Wildman–Crippen MR) is 560 cm³/mol. The van der Waals surface area contributed by atoms with Crippen LogP contribution in [-0.2, 0) is 21.1 Å². The quantitative estimate of drug-likeness (QED) is 0.162. The highest BCUT2D eigenvalue weighted by molar-refractivity contribution is 6.17. The van der Waals surface area contributed by atoms with Crippen LogP contribution in [0.25, 0.3) is 221 Å². The van der Waals surface area contributed by atoms with Crippen LogP contribution < -0.4 is 0 Å². The van der Waals surface area contributed by atoms with E-state index in [1.165, 1.54) is 55.2 Å². The summed E-state index contributed by atoms with van der Waals surface area (Å²) < 4.78 is 539. The highest BCUT2D eigenvalue weighted by Gasteiger charge is 2.25. The molecule has 0 amide bonds. The molecule has 0 fully saturated rings. The molecule has 11 aromatic heterocycles. The maximum atomic E-state index is 9.10. The molecule has 135 heavy (non-hydrogen) atoms. The molecule has 0 unspecified atom stereocenters. The van der Waals surface area contributed by atoms with Gasteiger partial charge in [0.05, 0.1) is 173 Å². The molecule has 0 aliphatic carbocycles. The number of aromatic nitrogens is 16. The monoisotopic (exact) mass is 1810 g/mol. The van der Waals surface area contributed by atoms with Crippen LogP contribution in [0.15, 0.2) is 375 Å². The first-order valence-electron chi connectivity index (χ1n) is 71.8. The van der Waals surface area contributed by atoms with E-state index in [0.29, 0.717) is 33.3 Å². The molecule has 28 rings (SSSR count).